The second-order valence-corrected chi connectivity index (χ2v) is 4.60. The molecule has 3 aromatic rings. The van der Waals surface area contributed by atoms with Crippen molar-refractivity contribution < 1.29 is 4.42 Å². The molecule has 4 N–H and O–H groups in total. The lowest BCUT2D eigenvalue weighted by Gasteiger charge is -2.07. The number of nitrogens with two attached hydrogens (primary N) is 1. The summed E-state index contributed by atoms with van der Waals surface area (Å²) in [6.07, 6.45) is 0. The molecule has 5 nitrogen and oxygen atoms in total. The van der Waals surface area contributed by atoms with Crippen molar-refractivity contribution in [1.29, 1.82) is 0 Å². The van der Waals surface area contributed by atoms with Crippen LogP contribution < -0.4 is 16.8 Å². The number of oxazole rings is 1. The highest BCUT2D eigenvalue weighted by Crippen LogP contribution is 2.17. The Labute approximate surface area is 115 Å². The Balaban J connectivity index is 1.73. The van der Waals surface area contributed by atoms with E-state index in [1.54, 1.807) is 6.07 Å². The van der Waals surface area contributed by atoms with Crippen molar-refractivity contribution in [3.8, 4) is 0 Å². The topological polar surface area (TPSA) is 84.0 Å². The van der Waals surface area contributed by atoms with Crippen LogP contribution in [0.15, 0.2) is 51.7 Å². The van der Waals surface area contributed by atoms with Crippen molar-refractivity contribution in [2.24, 2.45) is 5.73 Å². The highest BCUT2D eigenvalue weighted by molar-refractivity contribution is 5.76. The van der Waals surface area contributed by atoms with Crippen molar-refractivity contribution in [1.82, 2.24) is 4.98 Å². The van der Waals surface area contributed by atoms with Gasteiger partial charge >= 0.3 is 5.76 Å². The second kappa shape index (κ2) is 5.22. The quantitative estimate of drug-likeness (QED) is 0.678. The van der Waals surface area contributed by atoms with Crippen molar-refractivity contribution in [2.45, 2.75) is 13.1 Å². The zero-order valence-electron chi connectivity index (χ0n) is 10.8. The van der Waals surface area contributed by atoms with Gasteiger partial charge < -0.3 is 15.5 Å². The molecule has 0 aliphatic heterocycles. The molecule has 0 amide bonds. The van der Waals surface area contributed by atoms with Crippen LogP contribution in [-0.2, 0) is 13.1 Å². The average Bonchev–Trinajstić information content (AvgIpc) is 2.85. The summed E-state index contributed by atoms with van der Waals surface area (Å²) in [4.78, 5) is 13.7. The standard InChI is InChI=1S/C15H15N3O2/c16-8-10-1-3-11(4-2-10)9-17-12-5-6-14-13(7-12)18-15(19)20-14/h1-7,17H,8-9,16H2,(H,18,19). The van der Waals surface area contributed by atoms with Crippen LogP contribution in [0.25, 0.3) is 11.1 Å². The molecule has 0 aliphatic rings. The smallest absolute Gasteiger partial charge is 0.408 e. The molecule has 0 unspecified atom stereocenters. The Hall–Kier alpha value is -2.53. The summed E-state index contributed by atoms with van der Waals surface area (Å²) in [6, 6.07) is 13.7. The number of H-pyrrole nitrogens is 1. The molecule has 0 spiro atoms. The fourth-order valence-corrected chi connectivity index (χ4v) is 2.06. The lowest BCUT2D eigenvalue weighted by atomic mass is 10.1. The fraction of sp³-hybridized carbons (Fsp3) is 0.133. The zero-order chi connectivity index (χ0) is 13.9. The lowest BCUT2D eigenvalue weighted by Crippen LogP contribution is -2.00. The number of fused-ring (bicyclic) bond motifs is 1. The van der Waals surface area contributed by atoms with E-state index in [2.05, 4.69) is 10.3 Å². The fourth-order valence-electron chi connectivity index (χ4n) is 2.06. The normalized spacial score (nSPS) is 10.8. The first-order valence-electron chi connectivity index (χ1n) is 6.39. The van der Waals surface area contributed by atoms with E-state index in [-0.39, 0.29) is 0 Å². The minimum Gasteiger partial charge on any atom is -0.408 e. The van der Waals surface area contributed by atoms with Crippen LogP contribution in [0.3, 0.4) is 0 Å². The van der Waals surface area contributed by atoms with Gasteiger partial charge in [0.1, 0.15) is 0 Å². The Morgan fingerprint density at radius 2 is 1.85 bits per heavy atom. The lowest BCUT2D eigenvalue weighted by molar-refractivity contribution is 0.555. The van der Waals surface area contributed by atoms with E-state index in [0.717, 1.165) is 11.3 Å². The maximum atomic E-state index is 11.1. The predicted molar refractivity (Wildman–Crippen MR) is 78.5 cm³/mol. The van der Waals surface area contributed by atoms with Crippen LogP contribution in [0.4, 0.5) is 5.69 Å². The van der Waals surface area contributed by atoms with Crippen LogP contribution in [-0.4, -0.2) is 4.98 Å². The molecule has 0 bridgehead atoms. The third-order valence-electron chi connectivity index (χ3n) is 3.17. The van der Waals surface area contributed by atoms with Crippen molar-refractivity contribution in [3.05, 3.63) is 64.1 Å². The molecule has 0 fully saturated rings. The number of benzene rings is 2. The summed E-state index contributed by atoms with van der Waals surface area (Å²) >= 11 is 0. The Morgan fingerprint density at radius 3 is 2.60 bits per heavy atom. The van der Waals surface area contributed by atoms with Gasteiger partial charge in [0.15, 0.2) is 5.58 Å². The summed E-state index contributed by atoms with van der Waals surface area (Å²) < 4.78 is 4.96. The van der Waals surface area contributed by atoms with E-state index in [0.29, 0.717) is 24.2 Å². The van der Waals surface area contributed by atoms with Gasteiger partial charge in [0.25, 0.3) is 0 Å². The summed E-state index contributed by atoms with van der Waals surface area (Å²) in [5.74, 6) is -0.436. The molecule has 102 valence electrons. The van der Waals surface area contributed by atoms with Gasteiger partial charge in [-0.1, -0.05) is 24.3 Å². The largest absolute Gasteiger partial charge is 0.417 e. The van der Waals surface area contributed by atoms with Crippen LogP contribution in [0.2, 0.25) is 0 Å². The monoisotopic (exact) mass is 269 g/mol. The average molecular weight is 269 g/mol. The van der Waals surface area contributed by atoms with Gasteiger partial charge in [-0.15, -0.1) is 0 Å². The molecular weight excluding hydrogens is 254 g/mol. The summed E-state index contributed by atoms with van der Waals surface area (Å²) in [5.41, 5.74) is 10.0. The summed E-state index contributed by atoms with van der Waals surface area (Å²) in [5, 5.41) is 3.30. The van der Waals surface area contributed by atoms with Crippen molar-refractivity contribution in [3.63, 3.8) is 0 Å². The van der Waals surface area contributed by atoms with Gasteiger partial charge in [0.2, 0.25) is 0 Å². The highest BCUT2D eigenvalue weighted by atomic mass is 16.4. The first-order chi connectivity index (χ1) is 9.74. The Bertz CT molecular complexity index is 772. The third kappa shape index (κ3) is 2.57. The first kappa shape index (κ1) is 12.5. The van der Waals surface area contributed by atoms with E-state index in [1.807, 2.05) is 36.4 Å². The number of rotatable bonds is 4. The summed E-state index contributed by atoms with van der Waals surface area (Å²) in [6.45, 7) is 1.26. The van der Waals surface area contributed by atoms with Gasteiger partial charge in [-0.2, -0.15) is 0 Å². The molecule has 2 aromatic carbocycles. The van der Waals surface area contributed by atoms with E-state index in [1.165, 1.54) is 5.56 Å². The molecule has 0 saturated heterocycles. The van der Waals surface area contributed by atoms with Crippen LogP contribution in [0, 0.1) is 0 Å². The van der Waals surface area contributed by atoms with Gasteiger partial charge in [0, 0.05) is 18.8 Å². The molecule has 0 radical (unpaired) electrons. The maximum absolute atomic E-state index is 11.1. The molecular formula is C15H15N3O2. The number of aromatic nitrogens is 1. The number of hydrogen-bond acceptors (Lipinski definition) is 4. The number of nitrogens with one attached hydrogen (secondary N) is 2. The van der Waals surface area contributed by atoms with Crippen molar-refractivity contribution >= 4 is 16.8 Å². The predicted octanol–water partition coefficient (Wildman–Crippen LogP) is 2.19. The SMILES string of the molecule is NCc1ccc(CNc2ccc3oc(=O)[nH]c3c2)cc1. The van der Waals surface area contributed by atoms with E-state index in [9.17, 15) is 4.79 Å². The van der Waals surface area contributed by atoms with Gasteiger partial charge in [-0.05, 0) is 29.3 Å². The molecule has 1 aromatic heterocycles. The molecule has 3 rings (SSSR count). The van der Waals surface area contributed by atoms with E-state index >= 15 is 0 Å². The molecule has 0 aliphatic carbocycles. The molecule has 20 heavy (non-hydrogen) atoms. The minimum atomic E-state index is -0.436. The molecule has 5 heteroatoms. The maximum Gasteiger partial charge on any atom is 0.417 e. The van der Waals surface area contributed by atoms with Crippen LogP contribution in [0.1, 0.15) is 11.1 Å². The third-order valence-corrected chi connectivity index (χ3v) is 3.17. The zero-order valence-corrected chi connectivity index (χ0v) is 10.8. The van der Waals surface area contributed by atoms with Crippen molar-refractivity contribution in [2.75, 3.05) is 5.32 Å². The van der Waals surface area contributed by atoms with E-state index < -0.39 is 5.76 Å². The molecule has 0 saturated carbocycles. The minimum absolute atomic E-state index is 0.436. The van der Waals surface area contributed by atoms with Gasteiger partial charge in [-0.25, -0.2) is 4.79 Å². The number of anilines is 1. The van der Waals surface area contributed by atoms with Gasteiger partial charge in [-0.3, -0.25) is 4.98 Å². The first-order valence-corrected chi connectivity index (χ1v) is 6.39. The molecule has 0 atom stereocenters. The number of aromatic amines is 1. The molecule has 1 heterocycles. The summed E-state index contributed by atoms with van der Waals surface area (Å²) in [7, 11) is 0. The van der Waals surface area contributed by atoms with Crippen LogP contribution >= 0.6 is 0 Å². The highest BCUT2D eigenvalue weighted by Gasteiger charge is 2.02. The van der Waals surface area contributed by atoms with E-state index in [4.69, 9.17) is 10.2 Å². The van der Waals surface area contributed by atoms with Gasteiger partial charge in [0.05, 0.1) is 5.52 Å². The van der Waals surface area contributed by atoms with Crippen LogP contribution in [0.5, 0.6) is 0 Å². The Morgan fingerprint density at radius 1 is 1.10 bits per heavy atom. The Kier molecular flexibility index (Phi) is 3.26. The second-order valence-electron chi connectivity index (χ2n) is 4.60. The number of hydrogen-bond donors (Lipinski definition) is 3.